The average Bonchev–Trinajstić information content (AvgIpc) is 2.94. The lowest BCUT2D eigenvalue weighted by Gasteiger charge is -2.32. The molecular formula is C15H22N5O2+. The number of carbonyl (C=O) groups excluding carboxylic acids is 2. The molecular weight excluding hydrogens is 282 g/mol. The molecule has 1 saturated heterocycles. The van der Waals surface area contributed by atoms with Crippen LogP contribution in [0.25, 0.3) is 0 Å². The summed E-state index contributed by atoms with van der Waals surface area (Å²) in [5.41, 5.74) is 2.11. The van der Waals surface area contributed by atoms with Crippen LogP contribution in [0.15, 0.2) is 4.99 Å². The normalized spacial score (nSPS) is 20.7. The van der Waals surface area contributed by atoms with Crippen molar-refractivity contribution < 1.29 is 14.2 Å². The van der Waals surface area contributed by atoms with E-state index in [1.165, 1.54) is 9.80 Å². The fourth-order valence-electron chi connectivity index (χ4n) is 3.37. The number of imidazole rings is 1. The van der Waals surface area contributed by atoms with Crippen LogP contribution in [0.3, 0.4) is 0 Å². The molecule has 3 heterocycles. The van der Waals surface area contributed by atoms with Crippen molar-refractivity contribution in [1.82, 2.24) is 14.4 Å². The van der Waals surface area contributed by atoms with Gasteiger partial charge in [-0.25, -0.2) is 13.9 Å². The molecule has 7 heteroatoms. The molecule has 1 aromatic heterocycles. The molecule has 0 aliphatic carbocycles. The number of rotatable bonds is 2. The minimum absolute atomic E-state index is 0.197. The second kappa shape index (κ2) is 4.66. The van der Waals surface area contributed by atoms with Crippen LogP contribution in [0.1, 0.15) is 44.2 Å². The summed E-state index contributed by atoms with van der Waals surface area (Å²) in [7, 11) is 1.68. The van der Waals surface area contributed by atoms with Crippen molar-refractivity contribution in [3.63, 3.8) is 0 Å². The Bertz CT molecular complexity index is 716. The maximum absolute atomic E-state index is 12.8. The fraction of sp³-hybridized carbons (Fsp3) is 0.600. The number of aliphatic imine (C=N–C) groups is 1. The smallest absolute Gasteiger partial charge is 0.270 e. The molecule has 2 aliphatic heterocycles. The van der Waals surface area contributed by atoms with Crippen LogP contribution in [0.4, 0.5) is 10.7 Å². The zero-order valence-electron chi connectivity index (χ0n) is 13.9. The molecule has 0 spiro atoms. The van der Waals surface area contributed by atoms with Crippen molar-refractivity contribution in [1.29, 1.82) is 0 Å². The van der Waals surface area contributed by atoms with Gasteiger partial charge in [-0.05, 0) is 34.6 Å². The third kappa shape index (κ3) is 1.62. The van der Waals surface area contributed by atoms with Gasteiger partial charge < -0.3 is 0 Å². The lowest BCUT2D eigenvalue weighted by Crippen LogP contribution is -2.63. The standard InChI is InChI=1S/C15H22N5O2/c1-7-18-13(21)11-12(17(6)15(18)22)16-14-19(8(2)3)9(4)10(5)20(11)14/h8,11H,7H2,1-6H3/q+1. The van der Waals surface area contributed by atoms with Crippen LogP contribution >= 0.6 is 0 Å². The summed E-state index contributed by atoms with van der Waals surface area (Å²) in [6.45, 7) is 10.4. The third-order valence-corrected chi connectivity index (χ3v) is 4.59. The van der Waals surface area contributed by atoms with Crippen LogP contribution in [-0.4, -0.2) is 45.7 Å². The van der Waals surface area contributed by atoms with Crippen molar-refractivity contribution in [2.45, 2.75) is 46.7 Å². The van der Waals surface area contributed by atoms with E-state index in [0.717, 1.165) is 17.3 Å². The van der Waals surface area contributed by atoms with Crippen molar-refractivity contribution in [3.05, 3.63) is 11.4 Å². The number of urea groups is 1. The maximum atomic E-state index is 12.8. The Hall–Kier alpha value is -2.18. The first-order chi connectivity index (χ1) is 10.3. The molecule has 7 nitrogen and oxygen atoms in total. The van der Waals surface area contributed by atoms with E-state index < -0.39 is 6.04 Å². The van der Waals surface area contributed by atoms with Gasteiger partial charge in [0.25, 0.3) is 5.91 Å². The molecule has 0 radical (unpaired) electrons. The minimum atomic E-state index is -0.531. The second-order valence-electron chi connectivity index (χ2n) is 6.10. The first-order valence-electron chi connectivity index (χ1n) is 7.61. The monoisotopic (exact) mass is 304 g/mol. The van der Waals surface area contributed by atoms with Crippen molar-refractivity contribution in [2.24, 2.45) is 4.99 Å². The maximum Gasteiger partial charge on any atom is 0.402 e. The Kier molecular flexibility index (Phi) is 3.12. The van der Waals surface area contributed by atoms with E-state index in [4.69, 9.17) is 0 Å². The van der Waals surface area contributed by atoms with Crippen molar-refractivity contribution >= 4 is 23.7 Å². The van der Waals surface area contributed by atoms with Crippen molar-refractivity contribution in [3.8, 4) is 0 Å². The van der Waals surface area contributed by atoms with Crippen LogP contribution in [0.2, 0.25) is 0 Å². The summed E-state index contributed by atoms with van der Waals surface area (Å²) in [5, 5.41) is 0. The molecule has 1 aromatic rings. The molecule has 3 amide bonds. The highest BCUT2D eigenvalue weighted by Crippen LogP contribution is 2.32. The van der Waals surface area contributed by atoms with E-state index in [0.29, 0.717) is 12.4 Å². The summed E-state index contributed by atoms with van der Waals surface area (Å²) in [4.78, 5) is 32.5. The zero-order valence-corrected chi connectivity index (χ0v) is 13.9. The predicted octanol–water partition coefficient (Wildman–Crippen LogP) is 1.47. The van der Waals surface area contributed by atoms with Crippen molar-refractivity contribution in [2.75, 3.05) is 13.6 Å². The number of carbonyl (C=O) groups is 2. The van der Waals surface area contributed by atoms with Gasteiger partial charge in [-0.2, -0.15) is 0 Å². The van der Waals surface area contributed by atoms with Crippen LogP contribution in [0, 0.1) is 13.8 Å². The first kappa shape index (κ1) is 14.7. The number of amides is 3. The molecule has 118 valence electrons. The SMILES string of the molecule is CCN1C(=O)C2C(=Nc3n(C(C)C)c(C)c(C)[n+]32)N(C)C1=O. The number of fused-ring (bicyclic) bond motifs is 3. The quantitative estimate of drug-likeness (QED) is 0.777. The molecule has 1 fully saturated rings. The number of amidine groups is 1. The zero-order chi connectivity index (χ0) is 16.3. The number of imide groups is 1. The van der Waals surface area contributed by atoms with E-state index in [9.17, 15) is 9.59 Å². The number of hydrogen-bond acceptors (Lipinski definition) is 3. The summed E-state index contributed by atoms with van der Waals surface area (Å²) >= 11 is 0. The van der Waals surface area contributed by atoms with E-state index in [1.54, 1.807) is 7.05 Å². The number of nitrogens with zero attached hydrogens (tertiary/aromatic N) is 5. The van der Waals surface area contributed by atoms with Gasteiger partial charge in [-0.1, -0.05) is 4.99 Å². The van der Waals surface area contributed by atoms with E-state index in [2.05, 4.69) is 23.4 Å². The molecule has 2 aliphatic rings. The van der Waals surface area contributed by atoms with Gasteiger partial charge in [0.05, 0.1) is 6.04 Å². The molecule has 0 bridgehead atoms. The molecule has 22 heavy (non-hydrogen) atoms. The van der Waals surface area contributed by atoms with Crippen LogP contribution < -0.4 is 4.57 Å². The van der Waals surface area contributed by atoms with E-state index in [-0.39, 0.29) is 18.0 Å². The third-order valence-electron chi connectivity index (χ3n) is 4.59. The first-order valence-corrected chi connectivity index (χ1v) is 7.61. The predicted molar refractivity (Wildman–Crippen MR) is 81.2 cm³/mol. The topological polar surface area (TPSA) is 61.8 Å². The summed E-state index contributed by atoms with van der Waals surface area (Å²) in [6, 6.07) is -0.604. The molecule has 3 rings (SSSR count). The molecule has 0 N–H and O–H groups in total. The largest absolute Gasteiger partial charge is 0.402 e. The lowest BCUT2D eigenvalue weighted by atomic mass is 10.1. The van der Waals surface area contributed by atoms with E-state index >= 15 is 0 Å². The van der Waals surface area contributed by atoms with Gasteiger partial charge in [0.1, 0.15) is 11.4 Å². The lowest BCUT2D eigenvalue weighted by molar-refractivity contribution is -0.683. The van der Waals surface area contributed by atoms with Gasteiger partial charge in [0, 0.05) is 13.6 Å². The second-order valence-corrected chi connectivity index (χ2v) is 6.10. The van der Waals surface area contributed by atoms with E-state index in [1.807, 2.05) is 25.3 Å². The molecule has 0 saturated carbocycles. The summed E-state index contributed by atoms with van der Waals surface area (Å²) < 4.78 is 4.07. The number of aromatic nitrogens is 2. The molecule has 0 aromatic carbocycles. The number of hydrogen-bond donors (Lipinski definition) is 0. The van der Waals surface area contributed by atoms with Crippen LogP contribution in [0.5, 0.6) is 0 Å². The van der Waals surface area contributed by atoms with Gasteiger partial charge in [-0.3, -0.25) is 14.6 Å². The Morgan fingerprint density at radius 2 is 1.91 bits per heavy atom. The van der Waals surface area contributed by atoms with Gasteiger partial charge in [0.15, 0.2) is 0 Å². The Balaban J connectivity index is 2.23. The highest BCUT2D eigenvalue weighted by atomic mass is 16.2. The number of likely N-dealkylation sites (N-methyl/N-ethyl adjacent to an activating group) is 2. The summed E-state index contributed by atoms with van der Waals surface area (Å²) in [6.07, 6.45) is 0. The fourth-order valence-corrected chi connectivity index (χ4v) is 3.37. The van der Waals surface area contributed by atoms with Gasteiger partial charge in [-0.15, -0.1) is 0 Å². The van der Waals surface area contributed by atoms with Gasteiger partial charge in [0.2, 0.25) is 11.9 Å². The summed E-state index contributed by atoms with van der Waals surface area (Å²) in [5.74, 6) is 1.07. The Morgan fingerprint density at radius 1 is 1.27 bits per heavy atom. The Morgan fingerprint density at radius 3 is 2.45 bits per heavy atom. The molecule has 1 atom stereocenters. The highest BCUT2D eigenvalue weighted by Gasteiger charge is 2.53. The Labute approximate surface area is 129 Å². The van der Waals surface area contributed by atoms with Crippen LogP contribution in [-0.2, 0) is 4.79 Å². The highest BCUT2D eigenvalue weighted by molar-refractivity contribution is 6.19. The average molecular weight is 304 g/mol. The van der Waals surface area contributed by atoms with Gasteiger partial charge >= 0.3 is 12.0 Å². The molecule has 1 unspecified atom stereocenters. The minimum Gasteiger partial charge on any atom is -0.270 e.